The van der Waals surface area contributed by atoms with Crippen LogP contribution >= 0.6 is 0 Å². The molecular weight excluding hydrogens is 342 g/mol. The number of nitro groups is 1. The molecule has 0 saturated carbocycles. The van der Waals surface area contributed by atoms with Crippen LogP contribution in [0.25, 0.3) is 0 Å². The molecule has 0 bridgehead atoms. The van der Waals surface area contributed by atoms with Crippen LogP contribution in [0.5, 0.6) is 0 Å². The summed E-state index contributed by atoms with van der Waals surface area (Å²) in [6.07, 6.45) is 0. The maximum absolute atomic E-state index is 11.0. The molecule has 0 spiro atoms. The van der Waals surface area contributed by atoms with Crippen LogP contribution in [0, 0.1) is 24.0 Å². The van der Waals surface area contributed by atoms with E-state index in [4.69, 9.17) is 0 Å². The monoisotopic (exact) mass is 357 g/mol. The van der Waals surface area contributed by atoms with E-state index in [2.05, 4.69) is 32.0 Å². The summed E-state index contributed by atoms with van der Waals surface area (Å²) in [5.41, 5.74) is 2.68. The number of nitrogens with zero attached hydrogens (tertiary/aromatic N) is 1. The first-order valence-electron chi connectivity index (χ1n) is 5.56. The molecule has 0 aromatic heterocycles. The second kappa shape index (κ2) is 5.51. The van der Waals surface area contributed by atoms with E-state index in [0.29, 0.717) is 0 Å². The summed E-state index contributed by atoms with van der Waals surface area (Å²) in [5, 5.41) is 11.0. The predicted octanol–water partition coefficient (Wildman–Crippen LogP) is 1.87. The third-order valence-electron chi connectivity index (χ3n) is 2.48. The Bertz CT molecular complexity index is 576. The Hall–Kier alpha value is -1.37. The summed E-state index contributed by atoms with van der Waals surface area (Å²) in [6, 6.07) is 13.4. The van der Waals surface area contributed by atoms with Crippen LogP contribution in [0.4, 0.5) is 5.69 Å². The fourth-order valence-corrected chi connectivity index (χ4v) is 5.06. The number of hydrogen-bond acceptors (Lipinski definition) is 2. The Kier molecular flexibility index (Phi) is 4.00. The summed E-state index contributed by atoms with van der Waals surface area (Å²) in [6.45, 7) is 4.12. The molecule has 2 rings (SSSR count). The first kappa shape index (κ1) is 13.1. The van der Waals surface area contributed by atoms with Crippen molar-refractivity contribution in [2.24, 2.45) is 0 Å². The van der Waals surface area contributed by atoms with Crippen LogP contribution in [0.15, 0.2) is 42.5 Å². The van der Waals surface area contributed by atoms with Crippen molar-refractivity contribution in [2.75, 3.05) is 0 Å². The van der Waals surface area contributed by atoms with E-state index in [9.17, 15) is 10.1 Å². The Morgan fingerprint density at radius 3 is 2.28 bits per heavy atom. The molecule has 3 nitrogen and oxygen atoms in total. The standard InChI is InChI=1S/C14H13NO2Te/c1-10-7-11(2)9-12(8-10)18-14-6-4-3-5-13(14)15(16)17/h3-9H,1-2H3. The first-order valence-corrected chi connectivity index (χ1v) is 7.89. The van der Waals surface area contributed by atoms with Crippen LogP contribution in [0.3, 0.4) is 0 Å². The Morgan fingerprint density at radius 1 is 1.06 bits per heavy atom. The molecule has 0 unspecified atom stereocenters. The van der Waals surface area contributed by atoms with Gasteiger partial charge in [-0.25, -0.2) is 0 Å². The molecular formula is C14H13NO2Te. The molecule has 0 fully saturated rings. The molecule has 0 aliphatic rings. The summed E-state index contributed by atoms with van der Waals surface area (Å²) < 4.78 is 2.13. The first-order chi connectivity index (χ1) is 8.56. The van der Waals surface area contributed by atoms with Crippen LogP contribution < -0.4 is 7.22 Å². The quantitative estimate of drug-likeness (QED) is 0.480. The molecule has 92 valence electrons. The van der Waals surface area contributed by atoms with Gasteiger partial charge in [0.1, 0.15) is 0 Å². The molecule has 0 aliphatic carbocycles. The van der Waals surface area contributed by atoms with Crippen LogP contribution in [-0.2, 0) is 0 Å². The van der Waals surface area contributed by atoms with Gasteiger partial charge in [-0.15, -0.1) is 0 Å². The summed E-state index contributed by atoms with van der Waals surface area (Å²) in [4.78, 5) is 10.7. The van der Waals surface area contributed by atoms with Gasteiger partial charge in [-0.3, -0.25) is 0 Å². The zero-order chi connectivity index (χ0) is 13.1. The average molecular weight is 355 g/mol. The molecule has 18 heavy (non-hydrogen) atoms. The van der Waals surface area contributed by atoms with Gasteiger partial charge in [-0.05, 0) is 0 Å². The normalized spacial score (nSPS) is 10.3. The van der Waals surface area contributed by atoms with Crippen molar-refractivity contribution >= 4 is 33.8 Å². The van der Waals surface area contributed by atoms with Gasteiger partial charge in [0.05, 0.1) is 0 Å². The number of nitro benzene ring substituents is 1. The van der Waals surface area contributed by atoms with Crippen LogP contribution in [0.1, 0.15) is 11.1 Å². The van der Waals surface area contributed by atoms with Gasteiger partial charge in [0.15, 0.2) is 0 Å². The van der Waals surface area contributed by atoms with E-state index in [1.54, 1.807) is 12.1 Å². The second-order valence-electron chi connectivity index (χ2n) is 4.15. The molecule has 0 aliphatic heterocycles. The van der Waals surface area contributed by atoms with Crippen molar-refractivity contribution in [1.82, 2.24) is 0 Å². The van der Waals surface area contributed by atoms with Gasteiger partial charge in [-0.1, -0.05) is 0 Å². The van der Waals surface area contributed by atoms with E-state index in [0.717, 1.165) is 3.61 Å². The van der Waals surface area contributed by atoms with Gasteiger partial charge < -0.3 is 0 Å². The molecule has 2 aromatic rings. The SMILES string of the molecule is Cc1cc(C)cc([Te]c2ccccc2[N+](=O)[O-])c1. The minimum absolute atomic E-state index is 0.249. The van der Waals surface area contributed by atoms with Gasteiger partial charge in [0.2, 0.25) is 0 Å². The molecule has 0 radical (unpaired) electrons. The van der Waals surface area contributed by atoms with Crippen molar-refractivity contribution in [3.8, 4) is 0 Å². The molecule has 4 heteroatoms. The Balaban J connectivity index is 2.37. The van der Waals surface area contributed by atoms with Gasteiger partial charge in [0, 0.05) is 0 Å². The van der Waals surface area contributed by atoms with E-state index >= 15 is 0 Å². The van der Waals surface area contributed by atoms with Crippen LogP contribution in [0.2, 0.25) is 0 Å². The van der Waals surface area contributed by atoms with Crippen molar-refractivity contribution < 1.29 is 4.92 Å². The third kappa shape index (κ3) is 3.10. The number of para-hydroxylation sites is 1. The number of aryl methyl sites for hydroxylation is 2. The second-order valence-corrected chi connectivity index (χ2v) is 7.33. The minimum atomic E-state index is -0.702. The van der Waals surface area contributed by atoms with Crippen LogP contribution in [-0.4, -0.2) is 25.8 Å². The van der Waals surface area contributed by atoms with Gasteiger partial charge in [0.25, 0.3) is 0 Å². The predicted molar refractivity (Wildman–Crippen MR) is 74.0 cm³/mol. The zero-order valence-corrected chi connectivity index (χ0v) is 12.5. The molecule has 0 saturated heterocycles. The fraction of sp³-hybridized carbons (Fsp3) is 0.143. The third-order valence-corrected chi connectivity index (χ3v) is 5.44. The van der Waals surface area contributed by atoms with E-state index < -0.39 is 20.9 Å². The molecule has 0 N–H and O–H groups in total. The van der Waals surface area contributed by atoms with Crippen molar-refractivity contribution in [2.45, 2.75) is 13.8 Å². The molecule has 0 amide bonds. The van der Waals surface area contributed by atoms with Gasteiger partial charge >= 0.3 is 116 Å². The summed E-state index contributed by atoms with van der Waals surface area (Å²) in [5.74, 6) is 0. The Morgan fingerprint density at radius 2 is 1.67 bits per heavy atom. The summed E-state index contributed by atoms with van der Waals surface area (Å²) in [7, 11) is 0. The van der Waals surface area contributed by atoms with Gasteiger partial charge in [-0.2, -0.15) is 0 Å². The number of hydrogen-bond donors (Lipinski definition) is 0. The molecule has 2 aromatic carbocycles. The van der Waals surface area contributed by atoms with Crippen molar-refractivity contribution in [3.63, 3.8) is 0 Å². The average Bonchev–Trinajstić information content (AvgIpc) is 2.27. The fourth-order valence-electron chi connectivity index (χ4n) is 1.81. The summed E-state index contributed by atoms with van der Waals surface area (Å²) >= 11 is -0.702. The van der Waals surface area contributed by atoms with Crippen molar-refractivity contribution in [3.05, 3.63) is 63.7 Å². The number of rotatable bonds is 3. The van der Waals surface area contributed by atoms with Crippen molar-refractivity contribution in [1.29, 1.82) is 0 Å². The van der Waals surface area contributed by atoms with E-state index in [1.165, 1.54) is 14.7 Å². The maximum atomic E-state index is 11.0. The van der Waals surface area contributed by atoms with E-state index in [1.807, 2.05) is 12.1 Å². The topological polar surface area (TPSA) is 43.1 Å². The molecule has 0 atom stereocenters. The van der Waals surface area contributed by atoms with E-state index in [-0.39, 0.29) is 10.6 Å². The zero-order valence-electron chi connectivity index (χ0n) is 10.2. The number of benzene rings is 2. The molecule has 0 heterocycles. The Labute approximate surface area is 116 Å².